The molecule has 0 atom stereocenters. The molecule has 128 valence electrons. The summed E-state index contributed by atoms with van der Waals surface area (Å²) in [6.45, 7) is 5.32. The summed E-state index contributed by atoms with van der Waals surface area (Å²) in [5.41, 5.74) is 3.20. The number of carbonyl (C=O) groups excluding carboxylic acids is 1. The zero-order valence-electron chi connectivity index (χ0n) is 14.5. The molecule has 2 aromatic carbocycles. The van der Waals surface area contributed by atoms with Gasteiger partial charge in [-0.3, -0.25) is 0 Å². The van der Waals surface area contributed by atoms with Crippen molar-refractivity contribution >= 4 is 6.29 Å². The van der Waals surface area contributed by atoms with Crippen LogP contribution in [0.3, 0.4) is 0 Å². The Morgan fingerprint density at radius 3 is 2.12 bits per heavy atom. The number of aryl methyl sites for hydroxylation is 2. The van der Waals surface area contributed by atoms with Crippen LogP contribution in [0.2, 0.25) is 0 Å². The molecular formula is C20H24O4. The highest BCUT2D eigenvalue weighted by Gasteiger charge is 2.06. The Kier molecular flexibility index (Phi) is 6.82. The van der Waals surface area contributed by atoms with Crippen LogP contribution in [0.15, 0.2) is 36.4 Å². The van der Waals surface area contributed by atoms with Crippen LogP contribution in [0.1, 0.15) is 23.1 Å². The Balaban J connectivity index is 1.99. The molecule has 0 N–H and O–H groups in total. The van der Waals surface area contributed by atoms with Crippen molar-refractivity contribution in [2.45, 2.75) is 26.7 Å². The van der Waals surface area contributed by atoms with E-state index in [-0.39, 0.29) is 0 Å². The average Bonchev–Trinajstić information content (AvgIpc) is 2.56. The lowest BCUT2D eigenvalue weighted by Crippen LogP contribution is -2.01. The zero-order valence-corrected chi connectivity index (χ0v) is 14.5. The Morgan fingerprint density at radius 2 is 1.54 bits per heavy atom. The largest absolute Gasteiger partial charge is 0.494 e. The summed E-state index contributed by atoms with van der Waals surface area (Å²) >= 11 is 0. The molecule has 0 radical (unpaired) electrons. The van der Waals surface area contributed by atoms with Crippen molar-refractivity contribution in [3.63, 3.8) is 0 Å². The van der Waals surface area contributed by atoms with Crippen molar-refractivity contribution in [2.75, 3.05) is 20.3 Å². The molecule has 0 spiro atoms. The molecule has 0 aliphatic heterocycles. The average molecular weight is 328 g/mol. The minimum absolute atomic E-state index is 0.438. The highest BCUT2D eigenvalue weighted by Crippen LogP contribution is 2.28. The first-order chi connectivity index (χ1) is 11.6. The maximum atomic E-state index is 10.7. The van der Waals surface area contributed by atoms with Gasteiger partial charge >= 0.3 is 0 Å². The van der Waals surface area contributed by atoms with Gasteiger partial charge in [-0.15, -0.1) is 0 Å². The van der Waals surface area contributed by atoms with Crippen LogP contribution in [0.5, 0.6) is 17.2 Å². The first-order valence-electron chi connectivity index (χ1n) is 8.07. The van der Waals surface area contributed by atoms with E-state index in [1.54, 1.807) is 7.11 Å². The van der Waals surface area contributed by atoms with Crippen molar-refractivity contribution < 1.29 is 19.0 Å². The van der Waals surface area contributed by atoms with Gasteiger partial charge in [-0.05, 0) is 66.9 Å². The normalized spacial score (nSPS) is 10.5. The fraction of sp³-hybridized carbons (Fsp3) is 0.350. The minimum Gasteiger partial charge on any atom is -0.494 e. The number of hydrogen-bond donors (Lipinski definition) is 0. The molecule has 2 aromatic rings. The lowest BCUT2D eigenvalue weighted by Gasteiger charge is -2.12. The van der Waals surface area contributed by atoms with Crippen LogP contribution in [-0.4, -0.2) is 26.6 Å². The predicted octanol–water partition coefficient (Wildman–Crippen LogP) is 4.25. The van der Waals surface area contributed by atoms with E-state index >= 15 is 0 Å². The molecule has 0 saturated carbocycles. The molecule has 0 heterocycles. The molecular weight excluding hydrogens is 304 g/mol. The van der Waals surface area contributed by atoms with Crippen LogP contribution < -0.4 is 9.47 Å². The summed E-state index contributed by atoms with van der Waals surface area (Å²) in [7, 11) is 1.68. The van der Waals surface area contributed by atoms with Crippen LogP contribution in [0.4, 0.5) is 0 Å². The molecule has 0 amide bonds. The highest BCUT2D eigenvalue weighted by atomic mass is 16.5. The van der Waals surface area contributed by atoms with Crippen LogP contribution in [0, 0.1) is 13.8 Å². The molecule has 0 unspecified atom stereocenters. The fourth-order valence-electron chi connectivity index (χ4n) is 2.55. The number of aldehydes is 1. The van der Waals surface area contributed by atoms with Gasteiger partial charge in [0.05, 0.1) is 6.61 Å². The van der Waals surface area contributed by atoms with E-state index in [1.165, 1.54) is 0 Å². The second-order valence-corrected chi connectivity index (χ2v) is 5.67. The van der Waals surface area contributed by atoms with E-state index in [4.69, 9.17) is 14.2 Å². The Labute approximate surface area is 143 Å². The van der Waals surface area contributed by atoms with Crippen molar-refractivity contribution in [3.8, 4) is 17.2 Å². The predicted molar refractivity (Wildman–Crippen MR) is 94.2 cm³/mol. The molecule has 2 rings (SSSR count). The van der Waals surface area contributed by atoms with E-state index in [9.17, 15) is 4.79 Å². The smallest absolute Gasteiger partial charge is 0.127 e. The maximum Gasteiger partial charge on any atom is 0.127 e. The van der Waals surface area contributed by atoms with Crippen molar-refractivity contribution in [1.29, 1.82) is 0 Å². The molecule has 0 aliphatic carbocycles. The zero-order chi connectivity index (χ0) is 17.4. The molecule has 24 heavy (non-hydrogen) atoms. The first-order valence-corrected chi connectivity index (χ1v) is 8.07. The van der Waals surface area contributed by atoms with Crippen LogP contribution >= 0.6 is 0 Å². The Morgan fingerprint density at radius 1 is 0.917 bits per heavy atom. The monoisotopic (exact) mass is 328 g/mol. The molecule has 0 aromatic heterocycles. The van der Waals surface area contributed by atoms with Gasteiger partial charge in [-0.2, -0.15) is 0 Å². The second kappa shape index (κ2) is 9.08. The standard InChI is InChI=1S/C20H24O4/c1-15-13-19(14-16(2)20(15)9-10-21)24-18-7-5-17(6-8-18)23-12-4-11-22-3/h5-8,10,13-14H,4,9,11-12H2,1-3H3. The second-order valence-electron chi connectivity index (χ2n) is 5.67. The number of methoxy groups -OCH3 is 1. The molecule has 4 nitrogen and oxygen atoms in total. The minimum atomic E-state index is 0.438. The van der Waals surface area contributed by atoms with Gasteiger partial charge in [0.1, 0.15) is 23.5 Å². The summed E-state index contributed by atoms with van der Waals surface area (Å²) in [6, 6.07) is 11.5. The number of hydrogen-bond acceptors (Lipinski definition) is 4. The summed E-state index contributed by atoms with van der Waals surface area (Å²) in [5.74, 6) is 2.33. The van der Waals surface area contributed by atoms with Gasteiger partial charge in [-0.1, -0.05) is 0 Å². The summed E-state index contributed by atoms with van der Waals surface area (Å²) in [6.07, 6.45) is 2.23. The van der Waals surface area contributed by atoms with E-state index in [0.29, 0.717) is 19.6 Å². The number of carbonyl (C=O) groups is 1. The van der Waals surface area contributed by atoms with Crippen LogP contribution in [0.25, 0.3) is 0 Å². The summed E-state index contributed by atoms with van der Waals surface area (Å²) < 4.78 is 16.5. The lowest BCUT2D eigenvalue weighted by molar-refractivity contribution is -0.107. The van der Waals surface area contributed by atoms with Crippen molar-refractivity contribution in [3.05, 3.63) is 53.1 Å². The molecule has 0 fully saturated rings. The van der Waals surface area contributed by atoms with Crippen molar-refractivity contribution in [2.24, 2.45) is 0 Å². The molecule has 0 aliphatic rings. The molecule has 0 saturated heterocycles. The third kappa shape index (κ3) is 5.10. The van der Waals surface area contributed by atoms with Gasteiger partial charge in [0.2, 0.25) is 0 Å². The molecule has 0 bridgehead atoms. The van der Waals surface area contributed by atoms with Gasteiger partial charge in [-0.25, -0.2) is 0 Å². The quantitative estimate of drug-likeness (QED) is 0.510. The van der Waals surface area contributed by atoms with Gasteiger partial charge in [0, 0.05) is 26.6 Å². The number of rotatable bonds is 9. The Hall–Kier alpha value is -2.33. The maximum absolute atomic E-state index is 10.7. The summed E-state index contributed by atoms with van der Waals surface area (Å²) in [5, 5.41) is 0. The van der Waals surface area contributed by atoms with Gasteiger partial charge in [0.15, 0.2) is 0 Å². The van der Waals surface area contributed by atoms with Crippen molar-refractivity contribution in [1.82, 2.24) is 0 Å². The van der Waals surface area contributed by atoms with E-state index in [0.717, 1.165) is 46.6 Å². The number of ether oxygens (including phenoxy) is 3. The third-order valence-electron chi connectivity index (χ3n) is 3.78. The van der Waals surface area contributed by atoms with E-state index in [2.05, 4.69) is 0 Å². The summed E-state index contributed by atoms with van der Waals surface area (Å²) in [4.78, 5) is 10.7. The number of benzene rings is 2. The topological polar surface area (TPSA) is 44.8 Å². The van der Waals surface area contributed by atoms with Gasteiger partial charge < -0.3 is 19.0 Å². The SMILES string of the molecule is COCCCOc1ccc(Oc2cc(C)c(CC=O)c(C)c2)cc1. The van der Waals surface area contributed by atoms with E-state index < -0.39 is 0 Å². The van der Waals surface area contributed by atoms with Gasteiger partial charge in [0.25, 0.3) is 0 Å². The lowest BCUT2D eigenvalue weighted by atomic mass is 10.0. The third-order valence-corrected chi connectivity index (χ3v) is 3.78. The van der Waals surface area contributed by atoms with Crippen LogP contribution in [-0.2, 0) is 16.0 Å². The highest BCUT2D eigenvalue weighted by molar-refractivity contribution is 5.58. The fourth-order valence-corrected chi connectivity index (χ4v) is 2.55. The first kappa shape index (κ1) is 18.0. The Bertz CT molecular complexity index is 639. The molecule has 4 heteroatoms. The van der Waals surface area contributed by atoms with E-state index in [1.807, 2.05) is 50.2 Å².